The molecule has 0 heterocycles. The summed E-state index contributed by atoms with van der Waals surface area (Å²) in [4.78, 5) is 0. The van der Waals surface area contributed by atoms with Crippen LogP contribution in [0.2, 0.25) is 0 Å². The first-order chi connectivity index (χ1) is 9.71. The van der Waals surface area contributed by atoms with Gasteiger partial charge in [0.1, 0.15) is 0 Å². The van der Waals surface area contributed by atoms with Crippen molar-refractivity contribution in [3.05, 3.63) is 65.0 Å². The normalized spacial score (nSPS) is 12.2. The first kappa shape index (κ1) is 14.5. The van der Waals surface area contributed by atoms with E-state index in [-0.39, 0.29) is 17.6 Å². The van der Waals surface area contributed by atoms with Crippen LogP contribution in [0.25, 0.3) is 0 Å². The molecule has 1 atom stereocenters. The zero-order valence-corrected chi connectivity index (χ0v) is 12.1. The van der Waals surface area contributed by atoms with Crippen LogP contribution in [0.1, 0.15) is 29.7 Å². The van der Waals surface area contributed by atoms with E-state index in [2.05, 4.69) is 24.4 Å². The summed E-state index contributed by atoms with van der Waals surface area (Å²) >= 11 is 0. The van der Waals surface area contributed by atoms with Gasteiger partial charge in [-0.15, -0.1) is 0 Å². The second kappa shape index (κ2) is 6.53. The summed E-state index contributed by atoms with van der Waals surface area (Å²) in [5.74, 6) is -0.0400. The van der Waals surface area contributed by atoms with Gasteiger partial charge in [-0.1, -0.05) is 43.3 Å². The Morgan fingerprint density at radius 3 is 2.40 bits per heavy atom. The molecule has 0 aliphatic carbocycles. The summed E-state index contributed by atoms with van der Waals surface area (Å²) in [5.41, 5.74) is 2.91. The molecule has 2 aromatic rings. The average Bonchev–Trinajstić information content (AvgIpc) is 2.50. The van der Waals surface area contributed by atoms with Gasteiger partial charge >= 0.3 is 0 Å². The van der Waals surface area contributed by atoms with Crippen molar-refractivity contribution in [3.8, 4) is 5.75 Å². The molecule has 1 unspecified atom stereocenters. The van der Waals surface area contributed by atoms with Crippen molar-refractivity contribution < 1.29 is 9.13 Å². The molecule has 3 heteroatoms. The highest BCUT2D eigenvalue weighted by Crippen LogP contribution is 2.29. The third kappa shape index (κ3) is 2.83. The Kier molecular flexibility index (Phi) is 4.74. The first-order valence-corrected chi connectivity index (χ1v) is 6.79. The summed E-state index contributed by atoms with van der Waals surface area (Å²) < 4.78 is 19.4. The number of rotatable bonds is 5. The van der Waals surface area contributed by atoms with Crippen LogP contribution >= 0.6 is 0 Å². The monoisotopic (exact) mass is 273 g/mol. The number of ether oxygens (including phenoxy) is 1. The van der Waals surface area contributed by atoms with Crippen LogP contribution in [0.5, 0.6) is 5.75 Å². The van der Waals surface area contributed by atoms with E-state index in [1.54, 1.807) is 12.1 Å². The third-order valence-corrected chi connectivity index (χ3v) is 3.53. The van der Waals surface area contributed by atoms with Crippen LogP contribution in [0.4, 0.5) is 4.39 Å². The van der Waals surface area contributed by atoms with Crippen molar-refractivity contribution in [2.75, 3.05) is 14.2 Å². The lowest BCUT2D eigenvalue weighted by Crippen LogP contribution is -2.19. The van der Waals surface area contributed by atoms with Crippen LogP contribution in [0.3, 0.4) is 0 Å². The van der Waals surface area contributed by atoms with Crippen LogP contribution in [0.15, 0.2) is 42.5 Å². The molecule has 0 saturated heterocycles. The maximum atomic E-state index is 14.4. The van der Waals surface area contributed by atoms with Crippen LogP contribution in [-0.4, -0.2) is 14.2 Å². The molecule has 1 N–H and O–H groups in total. The molecule has 0 fully saturated rings. The van der Waals surface area contributed by atoms with Crippen molar-refractivity contribution >= 4 is 0 Å². The fourth-order valence-electron chi connectivity index (χ4n) is 2.36. The Morgan fingerprint density at radius 2 is 1.85 bits per heavy atom. The van der Waals surface area contributed by atoms with E-state index in [4.69, 9.17) is 4.74 Å². The number of aryl methyl sites for hydroxylation is 1. The highest BCUT2D eigenvalue weighted by molar-refractivity contribution is 5.39. The van der Waals surface area contributed by atoms with E-state index >= 15 is 0 Å². The molecule has 0 bridgehead atoms. The molecule has 2 rings (SSSR count). The van der Waals surface area contributed by atoms with Gasteiger partial charge in [-0.05, 0) is 30.7 Å². The fraction of sp³-hybridized carbons (Fsp3) is 0.294. The van der Waals surface area contributed by atoms with E-state index in [1.165, 1.54) is 12.7 Å². The average molecular weight is 273 g/mol. The minimum atomic E-state index is -0.311. The van der Waals surface area contributed by atoms with Gasteiger partial charge in [0.15, 0.2) is 11.6 Å². The Bertz CT molecular complexity index is 566. The van der Waals surface area contributed by atoms with E-state index < -0.39 is 0 Å². The van der Waals surface area contributed by atoms with E-state index in [0.29, 0.717) is 5.56 Å². The molecule has 0 aliphatic rings. The molecule has 20 heavy (non-hydrogen) atoms. The maximum Gasteiger partial charge on any atom is 0.170 e. The Labute approximate surface area is 119 Å². The maximum absolute atomic E-state index is 14.4. The van der Waals surface area contributed by atoms with Gasteiger partial charge in [0.2, 0.25) is 0 Å². The highest BCUT2D eigenvalue weighted by atomic mass is 19.1. The van der Waals surface area contributed by atoms with Gasteiger partial charge in [-0.25, -0.2) is 4.39 Å². The number of hydrogen-bond donors (Lipinski definition) is 1. The number of methoxy groups -OCH3 is 1. The second-order valence-electron chi connectivity index (χ2n) is 4.68. The zero-order chi connectivity index (χ0) is 14.5. The van der Waals surface area contributed by atoms with Crippen molar-refractivity contribution in [1.29, 1.82) is 0 Å². The number of benzene rings is 2. The van der Waals surface area contributed by atoms with E-state index in [0.717, 1.165) is 12.0 Å². The van der Waals surface area contributed by atoms with Gasteiger partial charge in [0, 0.05) is 5.56 Å². The lowest BCUT2D eigenvalue weighted by molar-refractivity contribution is 0.382. The molecule has 2 nitrogen and oxygen atoms in total. The molecule has 0 radical (unpaired) electrons. The molecule has 0 saturated carbocycles. The fourth-order valence-corrected chi connectivity index (χ4v) is 2.36. The molecule has 0 aromatic heterocycles. The topological polar surface area (TPSA) is 21.3 Å². The van der Waals surface area contributed by atoms with Gasteiger partial charge in [0.25, 0.3) is 0 Å². The van der Waals surface area contributed by atoms with E-state index in [1.807, 2.05) is 25.2 Å². The highest BCUT2D eigenvalue weighted by Gasteiger charge is 2.18. The predicted molar refractivity (Wildman–Crippen MR) is 79.7 cm³/mol. The lowest BCUT2D eigenvalue weighted by Gasteiger charge is -2.19. The SMILES string of the molecule is CCc1ccc(C(NC)c2cccc(OC)c2F)cc1. The van der Waals surface area contributed by atoms with Gasteiger partial charge < -0.3 is 10.1 Å². The first-order valence-electron chi connectivity index (χ1n) is 6.79. The number of hydrogen-bond acceptors (Lipinski definition) is 2. The molecular weight excluding hydrogens is 253 g/mol. The number of nitrogens with one attached hydrogen (secondary N) is 1. The third-order valence-electron chi connectivity index (χ3n) is 3.53. The zero-order valence-electron chi connectivity index (χ0n) is 12.1. The van der Waals surface area contributed by atoms with Crippen molar-refractivity contribution in [1.82, 2.24) is 5.32 Å². The molecule has 106 valence electrons. The van der Waals surface area contributed by atoms with Crippen molar-refractivity contribution in [3.63, 3.8) is 0 Å². The summed E-state index contributed by atoms with van der Waals surface area (Å²) in [6.45, 7) is 2.12. The Morgan fingerprint density at radius 1 is 1.15 bits per heavy atom. The van der Waals surface area contributed by atoms with Crippen LogP contribution < -0.4 is 10.1 Å². The minimum Gasteiger partial charge on any atom is -0.494 e. The van der Waals surface area contributed by atoms with Crippen molar-refractivity contribution in [2.45, 2.75) is 19.4 Å². The number of halogens is 1. The second-order valence-corrected chi connectivity index (χ2v) is 4.68. The minimum absolute atomic E-state index is 0.184. The molecule has 0 amide bonds. The van der Waals surface area contributed by atoms with Crippen molar-refractivity contribution in [2.24, 2.45) is 0 Å². The summed E-state index contributed by atoms with van der Waals surface area (Å²) in [6.07, 6.45) is 0.998. The van der Waals surface area contributed by atoms with Crippen LogP contribution in [-0.2, 0) is 6.42 Å². The van der Waals surface area contributed by atoms with Gasteiger partial charge in [-0.2, -0.15) is 0 Å². The lowest BCUT2D eigenvalue weighted by atomic mass is 9.97. The summed E-state index contributed by atoms with van der Waals surface area (Å²) in [6, 6.07) is 13.3. The van der Waals surface area contributed by atoms with Crippen LogP contribution in [0, 0.1) is 5.82 Å². The Hall–Kier alpha value is -1.87. The predicted octanol–water partition coefficient (Wildman–Crippen LogP) is 3.71. The summed E-state index contributed by atoms with van der Waals surface area (Å²) in [5, 5.41) is 3.17. The summed E-state index contributed by atoms with van der Waals surface area (Å²) in [7, 11) is 3.31. The molecule has 0 aliphatic heterocycles. The molecule has 0 spiro atoms. The van der Waals surface area contributed by atoms with Gasteiger partial charge in [-0.3, -0.25) is 0 Å². The van der Waals surface area contributed by atoms with E-state index in [9.17, 15) is 4.39 Å². The van der Waals surface area contributed by atoms with Gasteiger partial charge in [0.05, 0.1) is 13.2 Å². The standard InChI is InChI=1S/C17H20FNO/c1-4-12-8-10-13(11-9-12)17(19-2)14-6-5-7-15(20-3)16(14)18/h5-11,17,19H,4H2,1-3H3. The smallest absolute Gasteiger partial charge is 0.170 e. The Balaban J connectivity index is 2.41. The largest absolute Gasteiger partial charge is 0.494 e. The molecular formula is C17H20FNO. The quantitative estimate of drug-likeness (QED) is 0.896. The molecule has 2 aromatic carbocycles.